The molecule has 2 aromatic carbocycles. The summed E-state index contributed by atoms with van der Waals surface area (Å²) in [6, 6.07) is 17.0. The fourth-order valence-corrected chi connectivity index (χ4v) is 5.39. The molecular weight excluding hydrogens is 402 g/mol. The molecule has 1 atom stereocenters. The Kier molecular flexibility index (Phi) is 7.74. The maximum Gasteiger partial charge on any atom is 0.222 e. The molecule has 1 aliphatic heterocycles. The lowest BCUT2D eigenvalue weighted by atomic mass is 10.1. The quantitative estimate of drug-likeness (QED) is 0.541. The van der Waals surface area contributed by atoms with E-state index >= 15 is 0 Å². The fraction of sp³-hybridized carbons (Fsp3) is 0.435. The molecule has 0 saturated carbocycles. The van der Waals surface area contributed by atoms with Gasteiger partial charge < -0.3 is 14.4 Å². The fourth-order valence-electron chi connectivity index (χ4n) is 3.66. The average Bonchev–Trinajstić information content (AvgIpc) is 3.12. The molecule has 2 aromatic rings. The summed E-state index contributed by atoms with van der Waals surface area (Å²) in [5.41, 5.74) is 1.14. The van der Waals surface area contributed by atoms with E-state index in [1.165, 1.54) is 0 Å². The van der Waals surface area contributed by atoms with Crippen LogP contribution < -0.4 is 9.47 Å². The minimum atomic E-state index is -3.05. The van der Waals surface area contributed by atoms with Gasteiger partial charge in [0.25, 0.3) is 0 Å². The van der Waals surface area contributed by atoms with Crippen molar-refractivity contribution in [2.45, 2.75) is 31.7 Å². The van der Waals surface area contributed by atoms with E-state index < -0.39 is 9.84 Å². The van der Waals surface area contributed by atoms with Crippen LogP contribution in [0.5, 0.6) is 11.5 Å². The standard InChI is InChI=1S/C23H29NO5S/c1-28-21-9-11-22(12-10-21)29-16-5-8-23(25)24(20-14-17-30(26,27)18-20)15-13-19-6-3-2-4-7-19/h2-4,6-7,9-12,20H,5,8,13-18H2,1H3. The van der Waals surface area contributed by atoms with E-state index in [4.69, 9.17) is 9.47 Å². The molecule has 1 amide bonds. The van der Waals surface area contributed by atoms with Gasteiger partial charge in [0.05, 0.1) is 25.2 Å². The SMILES string of the molecule is COc1ccc(OCCCC(=O)N(CCc2ccccc2)C2CCS(=O)(=O)C2)cc1. The molecule has 3 rings (SSSR count). The first-order chi connectivity index (χ1) is 14.5. The lowest BCUT2D eigenvalue weighted by Crippen LogP contribution is -2.42. The Labute approximate surface area is 178 Å². The highest BCUT2D eigenvalue weighted by atomic mass is 32.2. The number of carbonyl (C=O) groups is 1. The first kappa shape index (κ1) is 22.2. The molecule has 1 fully saturated rings. The summed E-state index contributed by atoms with van der Waals surface area (Å²) in [6.07, 6.45) is 2.14. The van der Waals surface area contributed by atoms with Crippen LogP contribution in [0.25, 0.3) is 0 Å². The summed E-state index contributed by atoms with van der Waals surface area (Å²) in [5.74, 6) is 1.71. The van der Waals surface area contributed by atoms with Crippen LogP contribution in [-0.4, -0.2) is 57.0 Å². The summed E-state index contributed by atoms with van der Waals surface area (Å²) < 4.78 is 34.7. The molecule has 1 heterocycles. The van der Waals surface area contributed by atoms with Crippen LogP contribution in [0.4, 0.5) is 0 Å². The van der Waals surface area contributed by atoms with Crippen molar-refractivity contribution >= 4 is 15.7 Å². The second-order valence-electron chi connectivity index (χ2n) is 7.51. The van der Waals surface area contributed by atoms with Crippen molar-refractivity contribution in [2.75, 3.05) is 31.8 Å². The van der Waals surface area contributed by atoms with Gasteiger partial charge >= 0.3 is 0 Å². The zero-order valence-corrected chi connectivity index (χ0v) is 18.1. The van der Waals surface area contributed by atoms with E-state index in [2.05, 4.69) is 0 Å². The minimum Gasteiger partial charge on any atom is -0.497 e. The number of amides is 1. The third-order valence-corrected chi connectivity index (χ3v) is 7.07. The van der Waals surface area contributed by atoms with Gasteiger partial charge in [-0.15, -0.1) is 0 Å². The summed E-state index contributed by atoms with van der Waals surface area (Å²) in [5, 5.41) is 0. The summed E-state index contributed by atoms with van der Waals surface area (Å²) in [4.78, 5) is 14.7. The average molecular weight is 432 g/mol. The van der Waals surface area contributed by atoms with E-state index in [9.17, 15) is 13.2 Å². The maximum atomic E-state index is 12.9. The first-order valence-electron chi connectivity index (χ1n) is 10.3. The number of carbonyl (C=O) groups excluding carboxylic acids is 1. The molecule has 0 radical (unpaired) electrons. The molecular formula is C23H29NO5S. The Hall–Kier alpha value is -2.54. The minimum absolute atomic E-state index is 0.00800. The van der Waals surface area contributed by atoms with Crippen molar-refractivity contribution in [3.05, 3.63) is 60.2 Å². The van der Waals surface area contributed by atoms with Crippen molar-refractivity contribution in [2.24, 2.45) is 0 Å². The largest absolute Gasteiger partial charge is 0.497 e. The van der Waals surface area contributed by atoms with Crippen molar-refractivity contribution in [1.82, 2.24) is 4.90 Å². The van der Waals surface area contributed by atoms with Gasteiger partial charge in [-0.2, -0.15) is 0 Å². The first-order valence-corrected chi connectivity index (χ1v) is 12.1. The van der Waals surface area contributed by atoms with Crippen LogP contribution >= 0.6 is 0 Å². The van der Waals surface area contributed by atoms with Gasteiger partial charge in [-0.3, -0.25) is 4.79 Å². The zero-order chi connectivity index (χ0) is 21.4. The van der Waals surface area contributed by atoms with Crippen LogP contribution in [0.1, 0.15) is 24.8 Å². The highest BCUT2D eigenvalue weighted by molar-refractivity contribution is 7.91. The predicted molar refractivity (Wildman–Crippen MR) is 117 cm³/mol. The van der Waals surface area contributed by atoms with Gasteiger partial charge in [-0.25, -0.2) is 8.42 Å². The Morgan fingerprint density at radius 1 is 1.07 bits per heavy atom. The molecule has 30 heavy (non-hydrogen) atoms. The molecule has 0 aromatic heterocycles. The second-order valence-corrected chi connectivity index (χ2v) is 9.74. The number of hydrogen-bond acceptors (Lipinski definition) is 5. The van der Waals surface area contributed by atoms with Crippen molar-refractivity contribution in [3.8, 4) is 11.5 Å². The number of benzene rings is 2. The van der Waals surface area contributed by atoms with Crippen LogP contribution in [0.15, 0.2) is 54.6 Å². The highest BCUT2D eigenvalue weighted by Gasteiger charge is 2.34. The third-order valence-electron chi connectivity index (χ3n) is 5.32. The molecule has 1 aliphatic rings. The van der Waals surface area contributed by atoms with E-state index in [0.29, 0.717) is 38.8 Å². The monoisotopic (exact) mass is 431 g/mol. The molecule has 1 unspecified atom stereocenters. The molecule has 7 heteroatoms. The van der Waals surface area contributed by atoms with Gasteiger partial charge in [0, 0.05) is 19.0 Å². The molecule has 162 valence electrons. The van der Waals surface area contributed by atoms with E-state index in [-0.39, 0.29) is 23.5 Å². The zero-order valence-electron chi connectivity index (χ0n) is 17.3. The number of ether oxygens (including phenoxy) is 2. The lowest BCUT2D eigenvalue weighted by Gasteiger charge is -2.28. The van der Waals surface area contributed by atoms with E-state index in [1.54, 1.807) is 12.0 Å². The summed E-state index contributed by atoms with van der Waals surface area (Å²) >= 11 is 0. The number of nitrogens with zero attached hydrogens (tertiary/aromatic N) is 1. The van der Waals surface area contributed by atoms with Crippen LogP contribution in [-0.2, 0) is 21.1 Å². The van der Waals surface area contributed by atoms with Crippen molar-refractivity contribution in [3.63, 3.8) is 0 Å². The highest BCUT2D eigenvalue weighted by Crippen LogP contribution is 2.20. The van der Waals surface area contributed by atoms with Gasteiger partial charge in [0.1, 0.15) is 11.5 Å². The Bertz CT molecular complexity index is 912. The summed E-state index contributed by atoms with van der Waals surface area (Å²) in [7, 11) is -1.44. The molecule has 0 N–H and O–H groups in total. The smallest absolute Gasteiger partial charge is 0.222 e. The van der Waals surface area contributed by atoms with Crippen LogP contribution in [0.3, 0.4) is 0 Å². The topological polar surface area (TPSA) is 72.9 Å². The second kappa shape index (κ2) is 10.5. The molecule has 0 bridgehead atoms. The van der Waals surface area contributed by atoms with Crippen LogP contribution in [0, 0.1) is 0 Å². The van der Waals surface area contributed by atoms with Gasteiger partial charge in [-0.05, 0) is 49.1 Å². The van der Waals surface area contributed by atoms with Gasteiger partial charge in [0.15, 0.2) is 9.84 Å². The molecule has 0 aliphatic carbocycles. The normalized spacial score (nSPS) is 17.4. The number of rotatable bonds is 10. The van der Waals surface area contributed by atoms with Crippen molar-refractivity contribution in [1.29, 1.82) is 0 Å². The molecule has 0 spiro atoms. The van der Waals surface area contributed by atoms with Crippen LogP contribution in [0.2, 0.25) is 0 Å². The Morgan fingerprint density at radius 3 is 2.40 bits per heavy atom. The number of hydrogen-bond donors (Lipinski definition) is 0. The number of sulfone groups is 1. The van der Waals surface area contributed by atoms with E-state index in [1.807, 2.05) is 54.6 Å². The van der Waals surface area contributed by atoms with Gasteiger partial charge in [0.2, 0.25) is 5.91 Å². The summed E-state index contributed by atoms with van der Waals surface area (Å²) in [6.45, 7) is 0.954. The Morgan fingerprint density at radius 2 is 1.77 bits per heavy atom. The maximum absolute atomic E-state index is 12.9. The molecule has 6 nitrogen and oxygen atoms in total. The van der Waals surface area contributed by atoms with Crippen molar-refractivity contribution < 1.29 is 22.7 Å². The predicted octanol–water partition coefficient (Wildman–Crippen LogP) is 3.11. The number of methoxy groups -OCH3 is 1. The Balaban J connectivity index is 1.52. The third kappa shape index (κ3) is 6.49. The molecule has 1 saturated heterocycles. The van der Waals surface area contributed by atoms with Gasteiger partial charge in [-0.1, -0.05) is 30.3 Å². The van der Waals surface area contributed by atoms with E-state index in [0.717, 1.165) is 17.1 Å². The lowest BCUT2D eigenvalue weighted by molar-refractivity contribution is -0.133.